The van der Waals surface area contributed by atoms with Crippen LogP contribution in [0.25, 0.3) is 0 Å². The number of hydrogen-bond acceptors (Lipinski definition) is 3. The van der Waals surface area contributed by atoms with Crippen LogP contribution in [0.5, 0.6) is 0 Å². The first-order valence-electron chi connectivity index (χ1n) is 6.56. The summed E-state index contributed by atoms with van der Waals surface area (Å²) in [6, 6.07) is 0.382. The van der Waals surface area contributed by atoms with E-state index in [1.807, 2.05) is 14.0 Å². The van der Waals surface area contributed by atoms with Crippen LogP contribution in [-0.2, 0) is 11.8 Å². The normalized spacial score (nSPS) is 20.9. The average molecular weight is 250 g/mol. The summed E-state index contributed by atoms with van der Waals surface area (Å²) in [5.74, 6) is 0.888. The fourth-order valence-electron chi connectivity index (χ4n) is 2.53. The van der Waals surface area contributed by atoms with Crippen molar-refractivity contribution in [3.05, 3.63) is 11.8 Å². The lowest BCUT2D eigenvalue weighted by Crippen LogP contribution is -2.38. The van der Waals surface area contributed by atoms with Crippen LogP contribution >= 0.6 is 0 Å². The summed E-state index contributed by atoms with van der Waals surface area (Å²) >= 11 is 0. The van der Waals surface area contributed by atoms with Gasteiger partial charge in [-0.3, -0.25) is 9.48 Å². The molecular weight excluding hydrogens is 228 g/mol. The molecule has 1 fully saturated rings. The second-order valence-electron chi connectivity index (χ2n) is 5.18. The number of carbonyl (C=O) groups excluding carboxylic acids is 1. The predicted molar refractivity (Wildman–Crippen MR) is 71.5 cm³/mol. The van der Waals surface area contributed by atoms with E-state index in [4.69, 9.17) is 0 Å². The van der Waals surface area contributed by atoms with E-state index in [0.717, 1.165) is 24.3 Å². The molecule has 0 unspecified atom stereocenters. The van der Waals surface area contributed by atoms with Crippen LogP contribution in [0.2, 0.25) is 0 Å². The topological polar surface area (TPSA) is 50.2 Å². The van der Waals surface area contributed by atoms with Crippen molar-refractivity contribution in [3.63, 3.8) is 0 Å². The number of piperidine rings is 1. The zero-order valence-electron chi connectivity index (χ0n) is 11.4. The van der Waals surface area contributed by atoms with Gasteiger partial charge >= 0.3 is 0 Å². The number of anilines is 1. The van der Waals surface area contributed by atoms with Gasteiger partial charge in [0.1, 0.15) is 5.82 Å². The highest BCUT2D eigenvalue weighted by molar-refractivity contribution is 5.90. The van der Waals surface area contributed by atoms with Gasteiger partial charge in [-0.1, -0.05) is 6.42 Å². The van der Waals surface area contributed by atoms with E-state index in [-0.39, 0.29) is 5.91 Å². The first-order chi connectivity index (χ1) is 8.58. The minimum Gasteiger partial charge on any atom is -0.311 e. The molecule has 2 rings (SSSR count). The Morgan fingerprint density at radius 3 is 2.89 bits per heavy atom. The molecule has 1 aliphatic heterocycles. The van der Waals surface area contributed by atoms with Gasteiger partial charge in [-0.05, 0) is 33.4 Å². The first-order valence-corrected chi connectivity index (χ1v) is 6.56. The van der Waals surface area contributed by atoms with Gasteiger partial charge in [-0.2, -0.15) is 5.10 Å². The number of carbonyl (C=O) groups is 1. The fourth-order valence-corrected chi connectivity index (χ4v) is 2.53. The fraction of sp³-hybridized carbons (Fsp3) is 0.692. The summed E-state index contributed by atoms with van der Waals surface area (Å²) in [5.41, 5.74) is 1.00. The maximum atomic E-state index is 12.0. The highest BCUT2D eigenvalue weighted by Crippen LogP contribution is 2.19. The van der Waals surface area contributed by atoms with Gasteiger partial charge < -0.3 is 10.2 Å². The summed E-state index contributed by atoms with van der Waals surface area (Å²) in [4.78, 5) is 14.3. The first kappa shape index (κ1) is 13.1. The van der Waals surface area contributed by atoms with Crippen LogP contribution in [0, 0.1) is 6.92 Å². The van der Waals surface area contributed by atoms with Crippen molar-refractivity contribution in [2.45, 2.75) is 38.6 Å². The zero-order valence-corrected chi connectivity index (χ0v) is 11.4. The maximum absolute atomic E-state index is 12.0. The van der Waals surface area contributed by atoms with Gasteiger partial charge in [0.15, 0.2) is 0 Å². The Morgan fingerprint density at radius 2 is 2.28 bits per heavy atom. The van der Waals surface area contributed by atoms with Gasteiger partial charge in [-0.15, -0.1) is 0 Å². The van der Waals surface area contributed by atoms with Crippen LogP contribution in [0.1, 0.15) is 31.2 Å². The van der Waals surface area contributed by atoms with E-state index >= 15 is 0 Å². The van der Waals surface area contributed by atoms with Crippen LogP contribution in [0.4, 0.5) is 5.82 Å². The van der Waals surface area contributed by atoms with E-state index in [9.17, 15) is 4.79 Å². The Hall–Kier alpha value is -1.36. The highest BCUT2D eigenvalue weighted by atomic mass is 16.1. The summed E-state index contributed by atoms with van der Waals surface area (Å²) in [6.45, 7) is 3.05. The van der Waals surface area contributed by atoms with Gasteiger partial charge in [0, 0.05) is 25.1 Å². The minimum atomic E-state index is 0.0837. The number of hydrogen-bond donors (Lipinski definition) is 1. The Bertz CT molecular complexity index is 407. The molecule has 1 amide bonds. The van der Waals surface area contributed by atoms with Crippen molar-refractivity contribution < 1.29 is 4.79 Å². The Balaban J connectivity index is 1.92. The van der Waals surface area contributed by atoms with E-state index in [1.54, 1.807) is 10.9 Å². The number of nitrogens with one attached hydrogen (secondary N) is 1. The number of rotatable bonds is 3. The van der Waals surface area contributed by atoms with Gasteiger partial charge in [0.2, 0.25) is 5.91 Å². The third-order valence-corrected chi connectivity index (χ3v) is 3.72. The van der Waals surface area contributed by atoms with Crippen molar-refractivity contribution in [1.29, 1.82) is 0 Å². The summed E-state index contributed by atoms with van der Waals surface area (Å²) in [6.07, 6.45) is 5.93. The third kappa shape index (κ3) is 2.90. The molecule has 5 heteroatoms. The molecule has 0 spiro atoms. The molecule has 1 aliphatic rings. The van der Waals surface area contributed by atoms with E-state index in [1.165, 1.54) is 12.8 Å². The summed E-state index contributed by atoms with van der Waals surface area (Å²) in [7, 11) is 3.95. The molecule has 0 aromatic carbocycles. The summed E-state index contributed by atoms with van der Waals surface area (Å²) < 4.78 is 1.71. The second kappa shape index (κ2) is 5.52. The molecule has 0 aliphatic carbocycles. The van der Waals surface area contributed by atoms with Crippen molar-refractivity contribution in [2.24, 2.45) is 7.05 Å². The Morgan fingerprint density at radius 1 is 1.50 bits per heavy atom. The van der Waals surface area contributed by atoms with Gasteiger partial charge in [-0.25, -0.2) is 0 Å². The molecule has 1 aromatic rings. The smallest absolute Gasteiger partial charge is 0.227 e. The van der Waals surface area contributed by atoms with Crippen LogP contribution in [0.15, 0.2) is 6.20 Å². The molecule has 5 nitrogen and oxygen atoms in total. The van der Waals surface area contributed by atoms with Crippen molar-refractivity contribution in [3.8, 4) is 0 Å². The SMILES string of the molecule is Cc1cnn(C)c1NC(=O)C[C@@H]1CCCCN1C. The van der Waals surface area contributed by atoms with Crippen molar-refractivity contribution in [2.75, 3.05) is 18.9 Å². The molecule has 18 heavy (non-hydrogen) atoms. The van der Waals surface area contributed by atoms with E-state index in [2.05, 4.69) is 22.4 Å². The molecule has 1 atom stereocenters. The molecular formula is C13H22N4O. The standard InChI is InChI=1S/C13H22N4O/c1-10-9-14-17(3)13(10)15-12(18)8-11-6-4-5-7-16(11)2/h9,11H,4-8H2,1-3H3,(H,15,18)/t11-/m0/s1. The molecule has 1 aromatic heterocycles. The second-order valence-corrected chi connectivity index (χ2v) is 5.18. The van der Waals surface area contributed by atoms with Crippen LogP contribution < -0.4 is 5.32 Å². The minimum absolute atomic E-state index is 0.0837. The van der Waals surface area contributed by atoms with Crippen molar-refractivity contribution >= 4 is 11.7 Å². The van der Waals surface area contributed by atoms with Crippen molar-refractivity contribution in [1.82, 2.24) is 14.7 Å². The van der Waals surface area contributed by atoms with E-state index in [0.29, 0.717) is 12.5 Å². The zero-order chi connectivity index (χ0) is 13.1. The molecule has 0 radical (unpaired) electrons. The Kier molecular flexibility index (Phi) is 4.01. The number of nitrogens with zero attached hydrogens (tertiary/aromatic N) is 3. The quantitative estimate of drug-likeness (QED) is 0.885. The molecule has 1 saturated heterocycles. The lowest BCUT2D eigenvalue weighted by atomic mass is 10.00. The Labute approximate surface area is 108 Å². The number of aromatic nitrogens is 2. The monoisotopic (exact) mass is 250 g/mol. The van der Waals surface area contributed by atoms with Gasteiger partial charge in [0.05, 0.1) is 6.20 Å². The number of aryl methyl sites for hydroxylation is 2. The number of likely N-dealkylation sites (tertiary alicyclic amines) is 1. The van der Waals surface area contributed by atoms with E-state index < -0.39 is 0 Å². The molecule has 0 bridgehead atoms. The molecule has 1 N–H and O–H groups in total. The lowest BCUT2D eigenvalue weighted by Gasteiger charge is -2.31. The maximum Gasteiger partial charge on any atom is 0.227 e. The third-order valence-electron chi connectivity index (χ3n) is 3.72. The average Bonchev–Trinajstić information content (AvgIpc) is 2.64. The predicted octanol–water partition coefficient (Wildman–Crippen LogP) is 1.54. The largest absolute Gasteiger partial charge is 0.311 e. The van der Waals surface area contributed by atoms with Crippen LogP contribution in [-0.4, -0.2) is 40.2 Å². The van der Waals surface area contributed by atoms with Crippen LogP contribution in [0.3, 0.4) is 0 Å². The molecule has 0 saturated carbocycles. The number of amides is 1. The highest BCUT2D eigenvalue weighted by Gasteiger charge is 2.22. The molecule has 2 heterocycles. The molecule has 100 valence electrons. The summed E-state index contributed by atoms with van der Waals surface area (Å²) in [5, 5.41) is 7.08. The van der Waals surface area contributed by atoms with Gasteiger partial charge in [0.25, 0.3) is 0 Å². The lowest BCUT2D eigenvalue weighted by molar-refractivity contribution is -0.117.